The Morgan fingerprint density at radius 2 is 1.75 bits per heavy atom. The van der Waals surface area contributed by atoms with Crippen LogP contribution in [0.25, 0.3) is 0 Å². The highest BCUT2D eigenvalue weighted by molar-refractivity contribution is 7.86. The minimum Gasteiger partial charge on any atom is -0.414 e. The Labute approximate surface area is 197 Å². The molecule has 1 aromatic carbocycles. The molecule has 0 bridgehead atoms. The number of aryl methyl sites for hydroxylation is 1. The fourth-order valence-corrected chi connectivity index (χ4v) is 8.27. The van der Waals surface area contributed by atoms with Crippen molar-refractivity contribution in [3.8, 4) is 0 Å². The zero-order valence-corrected chi connectivity index (χ0v) is 23.2. The zero-order valence-electron chi connectivity index (χ0n) is 21.4. The molecule has 2 fully saturated rings. The van der Waals surface area contributed by atoms with Gasteiger partial charge in [-0.1, -0.05) is 58.7 Å². The standard InChI is InChI=1S/C26H44O4SSi/c1-19-11-13-21(14-12-19)31(27,28)29-18-20(2)22-15-16-23-24(10-9-17-26(22,23)6)30-32(7,8)25(3,4)5/h11-14,20,22-24H,9-10,15-18H2,1-8H3/t20-,22-,23-,24+,26-/m1/s1. The molecule has 5 atom stereocenters. The Morgan fingerprint density at radius 3 is 2.34 bits per heavy atom. The lowest BCUT2D eigenvalue weighted by molar-refractivity contribution is -0.0245. The molecule has 0 amide bonds. The number of benzene rings is 1. The van der Waals surface area contributed by atoms with Crippen molar-refractivity contribution in [3.63, 3.8) is 0 Å². The van der Waals surface area contributed by atoms with Crippen molar-refractivity contribution in [1.29, 1.82) is 0 Å². The third-order valence-corrected chi connectivity index (χ3v) is 14.7. The van der Waals surface area contributed by atoms with Gasteiger partial charge in [-0.3, -0.25) is 4.18 Å². The van der Waals surface area contributed by atoms with Crippen LogP contribution in [0.4, 0.5) is 0 Å². The van der Waals surface area contributed by atoms with Crippen LogP contribution in [0.2, 0.25) is 18.1 Å². The number of hydrogen-bond acceptors (Lipinski definition) is 4. The van der Waals surface area contributed by atoms with Gasteiger partial charge in [-0.05, 0) is 86.0 Å². The molecule has 0 spiro atoms. The van der Waals surface area contributed by atoms with Crippen molar-refractivity contribution in [1.82, 2.24) is 0 Å². The predicted molar refractivity (Wildman–Crippen MR) is 134 cm³/mol. The molecule has 182 valence electrons. The highest BCUT2D eigenvalue weighted by Crippen LogP contribution is 2.59. The van der Waals surface area contributed by atoms with Gasteiger partial charge in [0, 0.05) is 6.10 Å². The molecule has 2 saturated carbocycles. The highest BCUT2D eigenvalue weighted by Gasteiger charge is 2.54. The van der Waals surface area contributed by atoms with Gasteiger partial charge < -0.3 is 4.43 Å². The van der Waals surface area contributed by atoms with E-state index in [0.717, 1.165) is 18.4 Å². The molecule has 32 heavy (non-hydrogen) atoms. The Hall–Kier alpha value is -0.693. The summed E-state index contributed by atoms with van der Waals surface area (Å²) in [5.74, 6) is 1.22. The van der Waals surface area contributed by atoms with Crippen molar-refractivity contribution >= 4 is 18.4 Å². The molecule has 3 rings (SSSR count). The van der Waals surface area contributed by atoms with E-state index in [0.29, 0.717) is 17.9 Å². The first-order valence-electron chi connectivity index (χ1n) is 12.3. The SMILES string of the molecule is Cc1ccc(S(=O)(=O)OC[C@@H](C)[C@H]2CC[C@@H]3[C@@H](O[Si](C)(C)C(C)(C)C)CCC[C@]23C)cc1. The Kier molecular flexibility index (Phi) is 7.42. The molecule has 0 aliphatic heterocycles. The summed E-state index contributed by atoms with van der Waals surface area (Å²) in [5.41, 5.74) is 1.23. The first kappa shape index (κ1) is 25.9. The number of fused-ring (bicyclic) bond motifs is 1. The third kappa shape index (κ3) is 5.18. The van der Waals surface area contributed by atoms with Gasteiger partial charge in [-0.15, -0.1) is 0 Å². The normalized spacial score (nSPS) is 30.2. The van der Waals surface area contributed by atoms with Crippen LogP contribution in [-0.2, 0) is 18.7 Å². The average Bonchev–Trinajstić information content (AvgIpc) is 3.03. The quantitative estimate of drug-likeness (QED) is 0.313. The lowest BCUT2D eigenvalue weighted by atomic mass is 9.62. The molecule has 0 unspecified atom stereocenters. The summed E-state index contributed by atoms with van der Waals surface area (Å²) in [6.07, 6.45) is 6.20. The van der Waals surface area contributed by atoms with Crippen molar-refractivity contribution in [3.05, 3.63) is 29.8 Å². The largest absolute Gasteiger partial charge is 0.414 e. The summed E-state index contributed by atoms with van der Waals surface area (Å²) < 4.78 is 37.9. The maximum Gasteiger partial charge on any atom is 0.296 e. The van der Waals surface area contributed by atoms with Crippen molar-refractivity contribution < 1.29 is 17.0 Å². The minimum atomic E-state index is -3.72. The van der Waals surface area contributed by atoms with Crippen molar-refractivity contribution in [2.45, 2.75) is 103 Å². The van der Waals surface area contributed by atoms with Gasteiger partial charge in [0.25, 0.3) is 10.1 Å². The van der Waals surface area contributed by atoms with Crippen LogP contribution >= 0.6 is 0 Å². The first-order valence-corrected chi connectivity index (χ1v) is 16.6. The van der Waals surface area contributed by atoms with E-state index in [2.05, 4.69) is 47.7 Å². The summed E-state index contributed by atoms with van der Waals surface area (Å²) in [5, 5.41) is 0.213. The summed E-state index contributed by atoms with van der Waals surface area (Å²) in [7, 11) is -5.54. The van der Waals surface area contributed by atoms with Gasteiger partial charge >= 0.3 is 0 Å². The van der Waals surface area contributed by atoms with E-state index in [1.165, 1.54) is 19.3 Å². The summed E-state index contributed by atoms with van der Waals surface area (Å²) in [4.78, 5) is 0.242. The molecule has 1 aromatic rings. The molecule has 2 aliphatic carbocycles. The summed E-state index contributed by atoms with van der Waals surface area (Å²) >= 11 is 0. The minimum absolute atomic E-state index is 0.192. The van der Waals surface area contributed by atoms with Crippen LogP contribution in [0, 0.1) is 30.1 Å². The van der Waals surface area contributed by atoms with Gasteiger partial charge in [-0.25, -0.2) is 0 Å². The fraction of sp³-hybridized carbons (Fsp3) is 0.769. The fourth-order valence-electron chi connectivity index (χ4n) is 5.88. The second kappa shape index (κ2) is 9.16. The molecule has 4 nitrogen and oxygen atoms in total. The molecule has 6 heteroatoms. The highest BCUT2D eigenvalue weighted by atomic mass is 32.2. The molecule has 2 aliphatic rings. The second-order valence-electron chi connectivity index (χ2n) is 12.1. The Bertz CT molecular complexity index is 887. The number of hydrogen-bond donors (Lipinski definition) is 0. The average molecular weight is 481 g/mol. The molecule has 0 radical (unpaired) electrons. The van der Waals surface area contributed by atoms with Gasteiger partial charge in [0.2, 0.25) is 0 Å². The zero-order chi connectivity index (χ0) is 23.9. The topological polar surface area (TPSA) is 52.6 Å². The maximum atomic E-state index is 12.7. The van der Waals surface area contributed by atoms with Crippen LogP contribution in [0.5, 0.6) is 0 Å². The monoisotopic (exact) mass is 480 g/mol. The molecular weight excluding hydrogens is 436 g/mol. The van der Waals surface area contributed by atoms with Gasteiger partial charge in [0.1, 0.15) is 0 Å². The van der Waals surface area contributed by atoms with E-state index in [-0.39, 0.29) is 27.9 Å². The molecule has 0 N–H and O–H groups in total. The van der Waals surface area contributed by atoms with Crippen LogP contribution in [0.3, 0.4) is 0 Å². The predicted octanol–water partition coefficient (Wildman–Crippen LogP) is 6.94. The van der Waals surface area contributed by atoms with Gasteiger partial charge in [0.05, 0.1) is 11.5 Å². The lowest BCUT2D eigenvalue weighted by Crippen LogP contribution is -2.50. The third-order valence-electron chi connectivity index (χ3n) is 8.87. The first-order chi connectivity index (χ1) is 14.7. The van der Waals surface area contributed by atoms with Gasteiger partial charge in [-0.2, -0.15) is 8.42 Å². The Balaban J connectivity index is 1.68. The van der Waals surface area contributed by atoms with Crippen LogP contribution in [0.15, 0.2) is 29.2 Å². The van der Waals surface area contributed by atoms with Crippen molar-refractivity contribution in [2.24, 2.45) is 23.2 Å². The van der Waals surface area contributed by atoms with E-state index in [1.54, 1.807) is 12.1 Å². The van der Waals surface area contributed by atoms with E-state index >= 15 is 0 Å². The van der Waals surface area contributed by atoms with Crippen LogP contribution in [0.1, 0.15) is 72.3 Å². The summed E-state index contributed by atoms with van der Waals surface area (Å²) in [6, 6.07) is 6.89. The van der Waals surface area contributed by atoms with Crippen LogP contribution < -0.4 is 0 Å². The smallest absolute Gasteiger partial charge is 0.296 e. The molecule has 0 saturated heterocycles. The molecular formula is C26H44O4SSi. The van der Waals surface area contributed by atoms with Crippen LogP contribution in [-0.4, -0.2) is 29.4 Å². The summed E-state index contributed by atoms with van der Waals surface area (Å²) in [6.45, 7) is 18.4. The lowest BCUT2D eigenvalue weighted by Gasteiger charge is -2.49. The van der Waals surface area contributed by atoms with E-state index in [4.69, 9.17) is 8.61 Å². The van der Waals surface area contributed by atoms with Crippen molar-refractivity contribution in [2.75, 3.05) is 6.61 Å². The second-order valence-corrected chi connectivity index (χ2v) is 18.5. The van der Waals surface area contributed by atoms with E-state index in [9.17, 15) is 8.42 Å². The maximum absolute atomic E-state index is 12.7. The van der Waals surface area contributed by atoms with Gasteiger partial charge in [0.15, 0.2) is 8.32 Å². The Morgan fingerprint density at radius 1 is 1.12 bits per heavy atom. The van der Waals surface area contributed by atoms with E-state index < -0.39 is 18.4 Å². The molecule has 0 aromatic heterocycles. The number of rotatable bonds is 7. The van der Waals surface area contributed by atoms with E-state index in [1.807, 2.05) is 19.1 Å². The molecule has 0 heterocycles.